The summed E-state index contributed by atoms with van der Waals surface area (Å²) in [4.78, 5) is 31.6. The predicted molar refractivity (Wildman–Crippen MR) is 159 cm³/mol. The number of aliphatic imine (C=N–C) groups is 1. The maximum absolute atomic E-state index is 13.7. The molecule has 0 spiro atoms. The van der Waals surface area contributed by atoms with E-state index in [-0.39, 0.29) is 11.9 Å². The van der Waals surface area contributed by atoms with Crippen molar-refractivity contribution in [3.8, 4) is 5.00 Å². The second kappa shape index (κ2) is 11.0. The Labute approximate surface area is 233 Å². The van der Waals surface area contributed by atoms with E-state index in [4.69, 9.17) is 9.73 Å². The van der Waals surface area contributed by atoms with Crippen molar-refractivity contribution in [1.29, 1.82) is 0 Å². The van der Waals surface area contributed by atoms with Crippen molar-refractivity contribution in [2.75, 3.05) is 12.4 Å². The van der Waals surface area contributed by atoms with Gasteiger partial charge in [0.1, 0.15) is 5.00 Å². The molecule has 0 atom stereocenters. The molecule has 0 unspecified atom stereocenters. The molecule has 2 aromatic carbocycles. The molecule has 0 radical (unpaired) electrons. The van der Waals surface area contributed by atoms with Crippen LogP contribution in [-0.4, -0.2) is 29.8 Å². The molecule has 39 heavy (non-hydrogen) atoms. The largest absolute Gasteiger partial charge is 0.465 e. The second-order valence-electron chi connectivity index (χ2n) is 10.1. The van der Waals surface area contributed by atoms with Crippen LogP contribution in [0.25, 0.3) is 5.00 Å². The first kappa shape index (κ1) is 26.6. The van der Waals surface area contributed by atoms with E-state index < -0.39 is 0 Å². The van der Waals surface area contributed by atoms with E-state index in [1.165, 1.54) is 17.6 Å². The minimum atomic E-state index is -0.363. The van der Waals surface area contributed by atoms with E-state index in [0.29, 0.717) is 5.56 Å². The van der Waals surface area contributed by atoms with Crippen LogP contribution in [0.1, 0.15) is 72.1 Å². The molecule has 0 aliphatic heterocycles. The molecule has 0 saturated heterocycles. The molecule has 1 aliphatic carbocycles. The molecule has 1 aliphatic rings. The van der Waals surface area contributed by atoms with Crippen molar-refractivity contribution in [3.63, 3.8) is 0 Å². The normalized spacial score (nSPS) is 12.9. The molecular weight excluding hydrogens is 506 g/mol. The molecule has 4 aromatic rings. The molecule has 2 heterocycles. The quantitative estimate of drug-likeness (QED) is 0.204. The third-order valence-corrected chi connectivity index (χ3v) is 8.60. The number of aryl methyl sites for hydroxylation is 4. The fraction of sp³-hybridized carbons (Fsp3) is 0.281. The summed E-state index contributed by atoms with van der Waals surface area (Å²) in [6, 6.07) is 15.4. The number of methoxy groups -OCH3 is 1. The summed E-state index contributed by atoms with van der Waals surface area (Å²) < 4.78 is 7.02. The highest BCUT2D eigenvalue weighted by molar-refractivity contribution is 7.15. The van der Waals surface area contributed by atoms with Crippen molar-refractivity contribution >= 4 is 40.8 Å². The lowest BCUT2D eigenvalue weighted by molar-refractivity contribution is 0.0600. The van der Waals surface area contributed by atoms with Crippen LogP contribution in [0.2, 0.25) is 0 Å². The lowest BCUT2D eigenvalue weighted by atomic mass is 9.95. The molecule has 1 amide bonds. The number of carbonyl (C=O) groups excluding carboxylic acids is 2. The Bertz CT molecular complexity index is 1590. The molecule has 1 N–H and O–H groups in total. The van der Waals surface area contributed by atoms with Gasteiger partial charge in [-0.3, -0.25) is 9.79 Å². The van der Waals surface area contributed by atoms with Crippen LogP contribution in [0.15, 0.2) is 53.5 Å². The molecule has 200 valence electrons. The molecule has 6 nitrogen and oxygen atoms in total. The lowest BCUT2D eigenvalue weighted by Crippen LogP contribution is -2.17. The number of hydrogen-bond donors (Lipinski definition) is 1. The molecule has 0 bridgehead atoms. The van der Waals surface area contributed by atoms with Crippen LogP contribution in [0.5, 0.6) is 0 Å². The fourth-order valence-electron chi connectivity index (χ4n) is 5.19. The number of nitrogens with one attached hydrogen (secondary N) is 1. The minimum absolute atomic E-state index is 0.0581. The van der Waals surface area contributed by atoms with Gasteiger partial charge < -0.3 is 14.6 Å². The molecular formula is C32H33N3O3S. The Balaban J connectivity index is 1.51. The van der Waals surface area contributed by atoms with Crippen molar-refractivity contribution < 1.29 is 14.3 Å². The van der Waals surface area contributed by atoms with Crippen molar-refractivity contribution in [3.05, 3.63) is 98.2 Å². The predicted octanol–water partition coefficient (Wildman–Crippen LogP) is 7.44. The van der Waals surface area contributed by atoms with Crippen molar-refractivity contribution in [1.82, 2.24) is 4.57 Å². The first-order valence-corrected chi connectivity index (χ1v) is 14.0. The summed E-state index contributed by atoms with van der Waals surface area (Å²) >= 11 is 1.74. The number of aromatic nitrogens is 1. The van der Waals surface area contributed by atoms with Gasteiger partial charge in [0.2, 0.25) is 0 Å². The number of carbonyl (C=O) groups is 2. The number of anilines is 1. The van der Waals surface area contributed by atoms with Crippen LogP contribution in [0, 0.1) is 27.7 Å². The van der Waals surface area contributed by atoms with Gasteiger partial charge in [0.05, 0.1) is 23.9 Å². The molecule has 0 saturated carbocycles. The maximum atomic E-state index is 13.7. The van der Waals surface area contributed by atoms with Gasteiger partial charge in [0.15, 0.2) is 0 Å². The SMILES string of the molecule is COC(=O)c1ccc(N=Cc2cc(C)n(-c3sc4c(c3C(=O)Nc3ccc(C)cc3)CCCC4)c2C)c(C)c1. The van der Waals surface area contributed by atoms with E-state index in [1.807, 2.05) is 50.4 Å². The number of benzene rings is 2. The number of rotatable bonds is 6. The van der Waals surface area contributed by atoms with Gasteiger partial charge in [0.25, 0.3) is 5.91 Å². The lowest BCUT2D eigenvalue weighted by Gasteiger charge is -2.14. The number of amides is 1. The zero-order valence-corrected chi connectivity index (χ0v) is 23.9. The Morgan fingerprint density at radius 1 is 1.00 bits per heavy atom. The first-order valence-electron chi connectivity index (χ1n) is 13.2. The Morgan fingerprint density at radius 2 is 1.74 bits per heavy atom. The Hall–Kier alpha value is -3.97. The van der Waals surface area contributed by atoms with Crippen LogP contribution in [0.4, 0.5) is 11.4 Å². The monoisotopic (exact) mass is 539 g/mol. The highest BCUT2D eigenvalue weighted by Crippen LogP contribution is 2.39. The van der Waals surface area contributed by atoms with Gasteiger partial charge in [-0.1, -0.05) is 17.7 Å². The van der Waals surface area contributed by atoms with Gasteiger partial charge in [-0.25, -0.2) is 4.79 Å². The van der Waals surface area contributed by atoms with E-state index in [2.05, 4.69) is 29.8 Å². The Morgan fingerprint density at radius 3 is 2.46 bits per heavy atom. The topological polar surface area (TPSA) is 72.7 Å². The zero-order chi connectivity index (χ0) is 27.7. The van der Waals surface area contributed by atoms with Crippen LogP contribution < -0.4 is 5.32 Å². The standard InChI is InChI=1S/C32H33N3O3S/c1-19-10-13-25(14-11-19)34-30(36)29-26-8-6-7-9-28(26)39-31(29)35-21(3)17-24(22(35)4)18-33-27-15-12-23(16-20(27)2)32(37)38-5/h10-18H,6-9H2,1-5H3,(H,34,36). The molecule has 0 fully saturated rings. The van der Waals surface area contributed by atoms with E-state index >= 15 is 0 Å². The average Bonchev–Trinajstić information content (AvgIpc) is 3.44. The summed E-state index contributed by atoms with van der Waals surface area (Å²) in [5, 5.41) is 4.11. The summed E-state index contributed by atoms with van der Waals surface area (Å²) in [6.45, 7) is 8.11. The zero-order valence-electron chi connectivity index (χ0n) is 23.1. The van der Waals surface area contributed by atoms with Crippen molar-refractivity contribution in [2.45, 2.75) is 53.4 Å². The molecule has 7 heteroatoms. The van der Waals surface area contributed by atoms with E-state index in [9.17, 15) is 9.59 Å². The summed E-state index contributed by atoms with van der Waals surface area (Å²) in [5.74, 6) is -0.421. The van der Waals surface area contributed by atoms with Crippen LogP contribution in [-0.2, 0) is 17.6 Å². The van der Waals surface area contributed by atoms with Crippen molar-refractivity contribution in [2.24, 2.45) is 4.99 Å². The summed E-state index contributed by atoms with van der Waals surface area (Å²) in [6.07, 6.45) is 6.06. The van der Waals surface area contributed by atoms with Gasteiger partial charge >= 0.3 is 5.97 Å². The number of thiophene rings is 1. The third-order valence-electron chi connectivity index (χ3n) is 7.32. The molecule has 2 aromatic heterocycles. The average molecular weight is 540 g/mol. The highest BCUT2D eigenvalue weighted by atomic mass is 32.1. The summed E-state index contributed by atoms with van der Waals surface area (Å²) in [5.41, 5.74) is 9.19. The van der Waals surface area contributed by atoms with Gasteiger partial charge in [-0.15, -0.1) is 11.3 Å². The van der Waals surface area contributed by atoms with Gasteiger partial charge in [-0.2, -0.15) is 0 Å². The summed E-state index contributed by atoms with van der Waals surface area (Å²) in [7, 11) is 1.38. The number of esters is 1. The number of ether oxygens (including phenoxy) is 1. The number of hydrogen-bond acceptors (Lipinski definition) is 5. The third kappa shape index (κ3) is 5.32. The highest BCUT2D eigenvalue weighted by Gasteiger charge is 2.28. The first-order chi connectivity index (χ1) is 18.8. The van der Waals surface area contributed by atoms with Crippen LogP contribution in [0.3, 0.4) is 0 Å². The smallest absolute Gasteiger partial charge is 0.337 e. The van der Waals surface area contributed by atoms with E-state index in [0.717, 1.165) is 75.7 Å². The second-order valence-corrected chi connectivity index (χ2v) is 11.2. The fourth-order valence-corrected chi connectivity index (χ4v) is 6.69. The number of fused-ring (bicyclic) bond motifs is 1. The Kier molecular flexibility index (Phi) is 7.53. The maximum Gasteiger partial charge on any atom is 0.337 e. The van der Waals surface area contributed by atoms with Gasteiger partial charge in [-0.05, 0) is 101 Å². The molecule has 5 rings (SSSR count). The van der Waals surface area contributed by atoms with Crippen LogP contribution >= 0.6 is 11.3 Å². The van der Waals surface area contributed by atoms with E-state index in [1.54, 1.807) is 23.5 Å². The number of nitrogens with zero attached hydrogens (tertiary/aromatic N) is 2. The minimum Gasteiger partial charge on any atom is -0.465 e. The van der Waals surface area contributed by atoms with Gasteiger partial charge in [0, 0.05) is 33.7 Å².